The first-order chi connectivity index (χ1) is 15.6. The van der Waals surface area contributed by atoms with Crippen molar-refractivity contribution in [1.82, 2.24) is 9.97 Å². The number of nitrogens with zero attached hydrogens (tertiary/aromatic N) is 4. The molecular formula is C24H20BrN5O2. The van der Waals surface area contributed by atoms with Gasteiger partial charge < -0.3 is 10.2 Å². The molecule has 4 aromatic rings. The van der Waals surface area contributed by atoms with E-state index in [0.717, 1.165) is 15.6 Å². The summed E-state index contributed by atoms with van der Waals surface area (Å²) in [5, 5.41) is 15.3. The van der Waals surface area contributed by atoms with Gasteiger partial charge in [0.15, 0.2) is 0 Å². The topological polar surface area (TPSA) is 84.2 Å². The highest BCUT2D eigenvalue weighted by Crippen LogP contribution is 2.36. The molecule has 7 nitrogen and oxygen atoms in total. The quantitative estimate of drug-likeness (QED) is 0.238. The summed E-state index contributed by atoms with van der Waals surface area (Å²) in [6.07, 6.45) is 1.35. The van der Waals surface area contributed by atoms with Crippen LogP contribution in [-0.4, -0.2) is 14.9 Å². The van der Waals surface area contributed by atoms with E-state index in [-0.39, 0.29) is 17.3 Å². The summed E-state index contributed by atoms with van der Waals surface area (Å²) in [7, 11) is 0. The Balaban J connectivity index is 1.77. The molecule has 0 spiro atoms. The van der Waals surface area contributed by atoms with Crippen LogP contribution in [0.4, 0.5) is 23.0 Å². The summed E-state index contributed by atoms with van der Waals surface area (Å²) in [6, 6.07) is 27.0. The fraction of sp³-hybridized carbons (Fsp3) is 0.0833. The van der Waals surface area contributed by atoms with E-state index < -0.39 is 4.92 Å². The molecule has 3 aromatic carbocycles. The minimum Gasteiger partial charge on any atom is -0.342 e. The van der Waals surface area contributed by atoms with Crippen LogP contribution < -0.4 is 10.2 Å². The van der Waals surface area contributed by atoms with Gasteiger partial charge >= 0.3 is 5.69 Å². The Morgan fingerprint density at radius 3 is 1.97 bits per heavy atom. The maximum atomic E-state index is 12.2. The van der Waals surface area contributed by atoms with Gasteiger partial charge in [-0.15, -0.1) is 0 Å². The van der Waals surface area contributed by atoms with Gasteiger partial charge in [-0.2, -0.15) is 0 Å². The molecule has 8 heteroatoms. The Labute approximate surface area is 194 Å². The van der Waals surface area contributed by atoms with Crippen molar-refractivity contribution in [2.75, 3.05) is 10.2 Å². The van der Waals surface area contributed by atoms with Gasteiger partial charge in [-0.3, -0.25) is 10.1 Å². The minimum absolute atomic E-state index is 0.137. The Bertz CT molecular complexity index is 1160. The van der Waals surface area contributed by atoms with Gasteiger partial charge in [-0.1, -0.05) is 72.8 Å². The van der Waals surface area contributed by atoms with Crippen molar-refractivity contribution in [2.24, 2.45) is 0 Å². The highest BCUT2D eigenvalue weighted by atomic mass is 79.9. The number of anilines is 3. The van der Waals surface area contributed by atoms with Crippen LogP contribution >= 0.6 is 15.9 Å². The number of hydrogen-bond donors (Lipinski definition) is 1. The van der Waals surface area contributed by atoms with Gasteiger partial charge in [0.05, 0.1) is 10.6 Å². The third kappa shape index (κ3) is 5.09. The maximum Gasteiger partial charge on any atom is 0.353 e. The predicted octanol–water partition coefficient (Wildman–Crippen LogP) is 6.10. The Morgan fingerprint density at radius 1 is 0.844 bits per heavy atom. The lowest BCUT2D eigenvalue weighted by Gasteiger charge is -2.24. The summed E-state index contributed by atoms with van der Waals surface area (Å²) in [6.45, 7) is 0.921. The summed E-state index contributed by atoms with van der Waals surface area (Å²) in [5.74, 6) is 0.394. The Morgan fingerprint density at radius 2 is 1.41 bits per heavy atom. The molecular weight excluding hydrogens is 470 g/mol. The standard InChI is InChI=1S/C24H20BrN5O2/c25-20-13-7-8-14-21(20)28-23-22(30(31)32)24(27-17-26-23)29(15-18-9-3-1-4-10-18)16-19-11-5-2-6-12-19/h1-14,17H,15-16H2,(H,26,27,28). The molecule has 0 saturated carbocycles. The lowest BCUT2D eigenvalue weighted by molar-refractivity contribution is -0.383. The Kier molecular flexibility index (Phi) is 6.72. The van der Waals surface area contributed by atoms with Crippen molar-refractivity contribution in [3.8, 4) is 0 Å². The molecule has 0 unspecified atom stereocenters. The molecule has 160 valence electrons. The molecule has 1 aromatic heterocycles. The van der Waals surface area contributed by atoms with Gasteiger partial charge in [-0.25, -0.2) is 9.97 Å². The molecule has 0 fully saturated rings. The molecule has 0 aliphatic heterocycles. The van der Waals surface area contributed by atoms with Crippen molar-refractivity contribution >= 4 is 38.9 Å². The van der Waals surface area contributed by atoms with Crippen LogP contribution in [0.1, 0.15) is 11.1 Å². The molecule has 0 aliphatic rings. The monoisotopic (exact) mass is 489 g/mol. The van der Waals surface area contributed by atoms with Crippen molar-refractivity contribution in [1.29, 1.82) is 0 Å². The molecule has 0 amide bonds. The van der Waals surface area contributed by atoms with E-state index in [4.69, 9.17) is 0 Å². The van der Waals surface area contributed by atoms with Gasteiger partial charge in [0.1, 0.15) is 6.33 Å². The van der Waals surface area contributed by atoms with E-state index in [9.17, 15) is 10.1 Å². The predicted molar refractivity (Wildman–Crippen MR) is 129 cm³/mol. The number of aromatic nitrogens is 2. The fourth-order valence-electron chi connectivity index (χ4n) is 3.36. The number of nitro groups is 1. The van der Waals surface area contributed by atoms with Gasteiger partial charge in [-0.05, 0) is 39.2 Å². The van der Waals surface area contributed by atoms with Gasteiger partial charge in [0, 0.05) is 17.6 Å². The van der Waals surface area contributed by atoms with Crippen LogP contribution in [0.5, 0.6) is 0 Å². The van der Waals surface area contributed by atoms with Gasteiger partial charge in [0.25, 0.3) is 0 Å². The molecule has 1 N–H and O–H groups in total. The van der Waals surface area contributed by atoms with Crippen LogP contribution in [0.15, 0.2) is 95.7 Å². The molecule has 4 rings (SSSR count). The van der Waals surface area contributed by atoms with E-state index in [2.05, 4.69) is 31.2 Å². The highest BCUT2D eigenvalue weighted by molar-refractivity contribution is 9.10. The number of nitrogens with one attached hydrogen (secondary N) is 1. The molecule has 0 atom stereocenters. The third-order valence-electron chi connectivity index (χ3n) is 4.84. The average Bonchev–Trinajstić information content (AvgIpc) is 2.81. The number of hydrogen-bond acceptors (Lipinski definition) is 6. The largest absolute Gasteiger partial charge is 0.353 e. The molecule has 0 aliphatic carbocycles. The minimum atomic E-state index is -0.433. The average molecular weight is 490 g/mol. The highest BCUT2D eigenvalue weighted by Gasteiger charge is 2.28. The zero-order valence-corrected chi connectivity index (χ0v) is 18.6. The van der Waals surface area contributed by atoms with Crippen LogP contribution in [0.25, 0.3) is 0 Å². The second-order valence-electron chi connectivity index (χ2n) is 7.08. The van der Waals surface area contributed by atoms with Crippen LogP contribution in [0, 0.1) is 10.1 Å². The second kappa shape index (κ2) is 10.0. The van der Waals surface area contributed by atoms with E-state index >= 15 is 0 Å². The fourth-order valence-corrected chi connectivity index (χ4v) is 3.75. The van der Waals surface area contributed by atoms with E-state index in [1.54, 1.807) is 0 Å². The van der Waals surface area contributed by atoms with Crippen molar-refractivity contribution in [3.05, 3.63) is 117 Å². The lowest BCUT2D eigenvalue weighted by Crippen LogP contribution is -2.24. The van der Waals surface area contributed by atoms with Crippen molar-refractivity contribution in [2.45, 2.75) is 13.1 Å². The van der Waals surface area contributed by atoms with Crippen LogP contribution in [-0.2, 0) is 13.1 Å². The van der Waals surface area contributed by atoms with E-state index in [1.807, 2.05) is 89.8 Å². The molecule has 0 radical (unpaired) electrons. The van der Waals surface area contributed by atoms with Crippen molar-refractivity contribution < 1.29 is 4.92 Å². The summed E-state index contributed by atoms with van der Waals surface area (Å²) in [4.78, 5) is 22.2. The first kappa shape index (κ1) is 21.5. The second-order valence-corrected chi connectivity index (χ2v) is 7.94. The molecule has 0 saturated heterocycles. The van der Waals surface area contributed by atoms with Crippen molar-refractivity contribution in [3.63, 3.8) is 0 Å². The normalized spacial score (nSPS) is 10.5. The summed E-state index contributed by atoms with van der Waals surface area (Å²) >= 11 is 3.47. The first-order valence-electron chi connectivity index (χ1n) is 9.95. The summed E-state index contributed by atoms with van der Waals surface area (Å²) < 4.78 is 0.778. The maximum absolute atomic E-state index is 12.2. The zero-order valence-electron chi connectivity index (χ0n) is 17.1. The number of rotatable bonds is 8. The lowest BCUT2D eigenvalue weighted by atomic mass is 10.1. The molecule has 1 heterocycles. The van der Waals surface area contributed by atoms with E-state index in [1.165, 1.54) is 6.33 Å². The van der Waals surface area contributed by atoms with Gasteiger partial charge in [0.2, 0.25) is 11.6 Å². The molecule has 32 heavy (non-hydrogen) atoms. The number of benzene rings is 3. The van der Waals surface area contributed by atoms with Crippen LogP contribution in [0.2, 0.25) is 0 Å². The first-order valence-corrected chi connectivity index (χ1v) is 10.7. The smallest absolute Gasteiger partial charge is 0.342 e. The van der Waals surface area contributed by atoms with Crippen LogP contribution in [0.3, 0.4) is 0 Å². The third-order valence-corrected chi connectivity index (χ3v) is 5.54. The zero-order chi connectivity index (χ0) is 22.3. The molecule has 0 bridgehead atoms. The SMILES string of the molecule is O=[N+]([O-])c1c(Nc2ccccc2Br)ncnc1N(Cc1ccccc1)Cc1ccccc1. The summed E-state index contributed by atoms with van der Waals surface area (Å²) in [5.41, 5.74) is 2.56. The Hall–Kier alpha value is -3.78. The van der Waals surface area contributed by atoms with E-state index in [0.29, 0.717) is 18.8 Å². The number of para-hydroxylation sites is 1. The number of halogens is 1.